The summed E-state index contributed by atoms with van der Waals surface area (Å²) in [5, 5.41) is 0. The average Bonchev–Trinajstić information content (AvgIpc) is 2.47. The molecule has 0 amide bonds. The number of nitrogens with zero attached hydrogens (tertiary/aromatic N) is 3. The van der Waals surface area contributed by atoms with Gasteiger partial charge in [0.15, 0.2) is 0 Å². The lowest BCUT2D eigenvalue weighted by molar-refractivity contribution is 0.0683. The highest BCUT2D eigenvalue weighted by Gasteiger charge is 2.34. The van der Waals surface area contributed by atoms with Crippen molar-refractivity contribution in [3.05, 3.63) is 0 Å². The molecular weight excluding hydrogens is 300 g/mol. The van der Waals surface area contributed by atoms with E-state index in [1.54, 1.807) is 4.31 Å². The number of hydrogen-bond acceptors (Lipinski definition) is 5. The molecule has 2 aliphatic rings. The second kappa shape index (κ2) is 6.63. The summed E-state index contributed by atoms with van der Waals surface area (Å²) in [7, 11) is -3.36. The summed E-state index contributed by atoms with van der Waals surface area (Å²) < 4.78 is 33.2. The molecule has 0 aromatic heterocycles. The fraction of sp³-hybridized carbons (Fsp3) is 0.909. The van der Waals surface area contributed by atoms with Crippen molar-refractivity contribution in [1.82, 2.24) is 13.5 Å². The van der Waals surface area contributed by atoms with E-state index in [1.807, 2.05) is 6.92 Å². The molecule has 0 saturated carbocycles. The van der Waals surface area contributed by atoms with Crippen LogP contribution in [0.25, 0.3) is 0 Å². The minimum atomic E-state index is -3.36. The lowest BCUT2D eigenvalue weighted by Crippen LogP contribution is -2.57. The standard InChI is InChI=1S/C11H22N4O3S2/c1-10(11(12)19)13-2-4-14(5-3-13)20(16,17)15-6-8-18-9-7-15/h10H,2-9H2,1H3,(H2,12,19). The predicted octanol–water partition coefficient (Wildman–Crippen LogP) is -1.14. The van der Waals surface area contributed by atoms with Crippen LogP contribution in [-0.4, -0.2) is 85.4 Å². The summed E-state index contributed by atoms with van der Waals surface area (Å²) in [6.45, 7) is 6.03. The maximum absolute atomic E-state index is 12.5. The van der Waals surface area contributed by atoms with Crippen molar-refractivity contribution < 1.29 is 13.2 Å². The van der Waals surface area contributed by atoms with E-state index in [0.717, 1.165) is 0 Å². The van der Waals surface area contributed by atoms with Gasteiger partial charge in [0.1, 0.15) is 0 Å². The molecule has 9 heteroatoms. The SMILES string of the molecule is CC(C(N)=S)N1CCN(S(=O)(=O)N2CCOCC2)CC1. The molecule has 1 unspecified atom stereocenters. The maximum Gasteiger partial charge on any atom is 0.282 e. The fourth-order valence-corrected chi connectivity index (χ4v) is 4.15. The highest BCUT2D eigenvalue weighted by atomic mass is 32.2. The van der Waals surface area contributed by atoms with Gasteiger partial charge >= 0.3 is 0 Å². The monoisotopic (exact) mass is 322 g/mol. The summed E-state index contributed by atoms with van der Waals surface area (Å²) in [5.41, 5.74) is 5.64. The molecule has 0 aliphatic carbocycles. The summed E-state index contributed by atoms with van der Waals surface area (Å²) in [5.74, 6) is 0. The van der Waals surface area contributed by atoms with Gasteiger partial charge in [0.25, 0.3) is 10.2 Å². The number of thiocarbonyl (C=S) groups is 1. The molecule has 2 heterocycles. The van der Waals surface area contributed by atoms with Gasteiger partial charge in [-0.15, -0.1) is 0 Å². The first-order valence-electron chi connectivity index (χ1n) is 6.79. The molecule has 0 aromatic rings. The van der Waals surface area contributed by atoms with Crippen LogP contribution >= 0.6 is 12.2 Å². The Bertz CT molecular complexity index is 443. The van der Waals surface area contributed by atoms with E-state index in [1.165, 1.54) is 4.31 Å². The summed E-state index contributed by atoms with van der Waals surface area (Å²) >= 11 is 4.99. The van der Waals surface area contributed by atoms with Gasteiger partial charge in [-0.05, 0) is 6.92 Å². The van der Waals surface area contributed by atoms with Crippen molar-refractivity contribution in [2.75, 3.05) is 52.5 Å². The van der Waals surface area contributed by atoms with Crippen LogP contribution in [0.5, 0.6) is 0 Å². The summed E-state index contributed by atoms with van der Waals surface area (Å²) in [4.78, 5) is 2.57. The Morgan fingerprint density at radius 2 is 1.60 bits per heavy atom. The lowest BCUT2D eigenvalue weighted by atomic mass is 10.2. The molecule has 20 heavy (non-hydrogen) atoms. The van der Waals surface area contributed by atoms with Gasteiger partial charge < -0.3 is 10.5 Å². The third-order valence-corrected chi connectivity index (χ3v) is 6.23. The second-order valence-electron chi connectivity index (χ2n) is 5.03. The Balaban J connectivity index is 1.94. The third kappa shape index (κ3) is 3.46. The zero-order valence-electron chi connectivity index (χ0n) is 11.7. The van der Waals surface area contributed by atoms with Gasteiger partial charge in [-0.3, -0.25) is 4.90 Å². The van der Waals surface area contributed by atoms with Crippen molar-refractivity contribution in [1.29, 1.82) is 0 Å². The Labute approximate surface area is 125 Å². The Morgan fingerprint density at radius 1 is 1.10 bits per heavy atom. The van der Waals surface area contributed by atoms with Gasteiger partial charge in [0, 0.05) is 39.3 Å². The molecule has 7 nitrogen and oxygen atoms in total. The molecule has 2 aliphatic heterocycles. The van der Waals surface area contributed by atoms with Crippen molar-refractivity contribution in [2.45, 2.75) is 13.0 Å². The van der Waals surface area contributed by atoms with E-state index in [9.17, 15) is 8.42 Å². The van der Waals surface area contributed by atoms with Gasteiger partial charge in [-0.1, -0.05) is 12.2 Å². The van der Waals surface area contributed by atoms with Crippen LogP contribution in [0.1, 0.15) is 6.92 Å². The number of morpholine rings is 1. The van der Waals surface area contributed by atoms with Crippen molar-refractivity contribution >= 4 is 27.4 Å². The first-order chi connectivity index (χ1) is 9.43. The molecule has 0 radical (unpaired) electrons. The zero-order chi connectivity index (χ0) is 14.8. The smallest absolute Gasteiger partial charge is 0.282 e. The highest BCUT2D eigenvalue weighted by molar-refractivity contribution is 7.86. The number of hydrogen-bond donors (Lipinski definition) is 1. The molecule has 2 fully saturated rings. The number of nitrogens with two attached hydrogens (primary N) is 1. The highest BCUT2D eigenvalue weighted by Crippen LogP contribution is 2.15. The Hall–Kier alpha value is -0.320. The normalized spacial score (nSPS) is 25.4. The molecule has 116 valence electrons. The third-order valence-electron chi connectivity index (χ3n) is 3.86. The van der Waals surface area contributed by atoms with Crippen LogP contribution in [0.15, 0.2) is 0 Å². The molecule has 2 saturated heterocycles. The lowest BCUT2D eigenvalue weighted by Gasteiger charge is -2.39. The van der Waals surface area contributed by atoms with E-state index in [0.29, 0.717) is 57.5 Å². The largest absolute Gasteiger partial charge is 0.392 e. The van der Waals surface area contributed by atoms with Crippen molar-refractivity contribution in [3.8, 4) is 0 Å². The van der Waals surface area contributed by atoms with E-state index in [4.69, 9.17) is 22.7 Å². The van der Waals surface area contributed by atoms with Crippen LogP contribution in [0, 0.1) is 0 Å². The van der Waals surface area contributed by atoms with Crippen LogP contribution in [0.4, 0.5) is 0 Å². The van der Waals surface area contributed by atoms with E-state index < -0.39 is 10.2 Å². The van der Waals surface area contributed by atoms with Crippen molar-refractivity contribution in [3.63, 3.8) is 0 Å². The molecule has 2 rings (SSSR count). The minimum Gasteiger partial charge on any atom is -0.392 e. The van der Waals surface area contributed by atoms with Gasteiger partial charge in [-0.25, -0.2) is 0 Å². The average molecular weight is 322 g/mol. The second-order valence-corrected chi connectivity index (χ2v) is 7.43. The molecule has 1 atom stereocenters. The number of ether oxygens (including phenoxy) is 1. The van der Waals surface area contributed by atoms with Crippen LogP contribution in [0.3, 0.4) is 0 Å². The number of rotatable bonds is 4. The predicted molar refractivity (Wildman–Crippen MR) is 80.7 cm³/mol. The van der Waals surface area contributed by atoms with Gasteiger partial charge in [0.05, 0.1) is 24.2 Å². The Morgan fingerprint density at radius 3 is 2.10 bits per heavy atom. The molecule has 0 aromatic carbocycles. The van der Waals surface area contributed by atoms with Crippen LogP contribution < -0.4 is 5.73 Å². The van der Waals surface area contributed by atoms with E-state index in [2.05, 4.69) is 4.90 Å². The van der Waals surface area contributed by atoms with Crippen LogP contribution in [0.2, 0.25) is 0 Å². The first-order valence-corrected chi connectivity index (χ1v) is 8.60. The topological polar surface area (TPSA) is 79.1 Å². The maximum atomic E-state index is 12.5. The summed E-state index contributed by atoms with van der Waals surface area (Å²) in [6.07, 6.45) is 0. The molecule has 2 N–H and O–H groups in total. The minimum absolute atomic E-state index is 0.0123. The quantitative estimate of drug-likeness (QED) is 0.659. The Kier molecular flexibility index (Phi) is 5.32. The van der Waals surface area contributed by atoms with E-state index >= 15 is 0 Å². The van der Waals surface area contributed by atoms with Crippen LogP contribution in [-0.2, 0) is 14.9 Å². The molecular formula is C11H22N4O3S2. The summed E-state index contributed by atoms with van der Waals surface area (Å²) in [6, 6.07) is 0.0123. The van der Waals surface area contributed by atoms with Gasteiger partial charge in [-0.2, -0.15) is 17.0 Å². The zero-order valence-corrected chi connectivity index (χ0v) is 13.3. The number of piperazine rings is 1. The van der Waals surface area contributed by atoms with E-state index in [-0.39, 0.29) is 6.04 Å². The molecule has 0 bridgehead atoms. The molecule has 0 spiro atoms. The van der Waals surface area contributed by atoms with Crippen molar-refractivity contribution in [2.24, 2.45) is 5.73 Å². The van der Waals surface area contributed by atoms with Gasteiger partial charge in [0.2, 0.25) is 0 Å². The fourth-order valence-electron chi connectivity index (χ4n) is 2.44. The first kappa shape index (κ1) is 16.1.